The first kappa shape index (κ1) is 12.3. The van der Waals surface area contributed by atoms with E-state index in [1.54, 1.807) is 0 Å². The molecule has 0 aromatic carbocycles. The second kappa shape index (κ2) is 4.84. The van der Waals surface area contributed by atoms with Crippen molar-refractivity contribution in [3.05, 3.63) is 0 Å². The van der Waals surface area contributed by atoms with Gasteiger partial charge in [0.25, 0.3) is 0 Å². The lowest BCUT2D eigenvalue weighted by Gasteiger charge is -2.29. The zero-order chi connectivity index (χ0) is 11.5. The number of alkyl carbamates (subject to hydrolysis) is 1. The summed E-state index contributed by atoms with van der Waals surface area (Å²) in [5.74, 6) is -0.0152. The summed E-state index contributed by atoms with van der Waals surface area (Å²) in [6.45, 7) is 1.85. The van der Waals surface area contributed by atoms with Crippen molar-refractivity contribution in [2.24, 2.45) is 5.41 Å². The van der Waals surface area contributed by atoms with Crippen LogP contribution in [0.1, 0.15) is 26.2 Å². The SMILES string of the molecule is COC(=O)NC1CCCC1(C)C(=O)CCl. The largest absolute Gasteiger partial charge is 0.453 e. The minimum absolute atomic E-state index is 0.00411. The zero-order valence-corrected chi connectivity index (χ0v) is 9.76. The molecule has 0 aliphatic heterocycles. The second-order valence-electron chi connectivity index (χ2n) is 4.06. The van der Waals surface area contributed by atoms with Gasteiger partial charge in [-0.05, 0) is 12.8 Å². The molecule has 0 saturated heterocycles. The van der Waals surface area contributed by atoms with Crippen molar-refractivity contribution < 1.29 is 14.3 Å². The van der Waals surface area contributed by atoms with Crippen molar-refractivity contribution >= 4 is 23.5 Å². The number of halogens is 1. The van der Waals surface area contributed by atoms with Crippen molar-refractivity contribution in [1.82, 2.24) is 5.32 Å². The normalized spacial score (nSPS) is 29.9. The van der Waals surface area contributed by atoms with Gasteiger partial charge in [0.05, 0.1) is 13.0 Å². The Labute approximate surface area is 94.3 Å². The first-order valence-electron chi connectivity index (χ1n) is 4.98. The molecule has 15 heavy (non-hydrogen) atoms. The molecule has 1 fully saturated rings. The second-order valence-corrected chi connectivity index (χ2v) is 4.32. The van der Waals surface area contributed by atoms with E-state index in [1.165, 1.54) is 7.11 Å². The van der Waals surface area contributed by atoms with Gasteiger partial charge in [-0.3, -0.25) is 4.79 Å². The summed E-state index contributed by atoms with van der Waals surface area (Å²) in [7, 11) is 1.31. The monoisotopic (exact) mass is 233 g/mol. The topological polar surface area (TPSA) is 55.4 Å². The maximum Gasteiger partial charge on any atom is 0.407 e. The molecule has 0 radical (unpaired) electrons. The van der Waals surface area contributed by atoms with Gasteiger partial charge in [0, 0.05) is 11.5 Å². The summed E-state index contributed by atoms with van der Waals surface area (Å²) in [6.07, 6.45) is 2.00. The van der Waals surface area contributed by atoms with Gasteiger partial charge in [0.2, 0.25) is 0 Å². The third-order valence-corrected chi connectivity index (χ3v) is 3.44. The van der Waals surface area contributed by atoms with Crippen molar-refractivity contribution in [3.63, 3.8) is 0 Å². The molecule has 4 nitrogen and oxygen atoms in total. The molecular weight excluding hydrogens is 218 g/mol. The van der Waals surface area contributed by atoms with Crippen LogP contribution in [0.3, 0.4) is 0 Å². The summed E-state index contributed by atoms with van der Waals surface area (Å²) in [4.78, 5) is 22.8. The van der Waals surface area contributed by atoms with E-state index in [0.29, 0.717) is 0 Å². The smallest absolute Gasteiger partial charge is 0.407 e. The van der Waals surface area contributed by atoms with Crippen LogP contribution in [-0.2, 0) is 9.53 Å². The van der Waals surface area contributed by atoms with E-state index in [2.05, 4.69) is 10.1 Å². The van der Waals surface area contributed by atoms with Gasteiger partial charge < -0.3 is 10.1 Å². The predicted octanol–water partition coefficient (Wildman–Crippen LogP) is 1.71. The molecule has 0 aromatic rings. The molecule has 0 spiro atoms. The molecule has 0 aromatic heterocycles. The molecular formula is C10H16ClNO3. The van der Waals surface area contributed by atoms with E-state index in [-0.39, 0.29) is 17.7 Å². The van der Waals surface area contributed by atoms with Crippen molar-refractivity contribution in [3.8, 4) is 0 Å². The minimum atomic E-state index is -0.532. The number of amides is 1. The Hall–Kier alpha value is -0.770. The third kappa shape index (κ3) is 2.43. The fraction of sp³-hybridized carbons (Fsp3) is 0.800. The van der Waals surface area contributed by atoms with Gasteiger partial charge in [0.1, 0.15) is 0 Å². The molecule has 0 heterocycles. The van der Waals surface area contributed by atoms with Crippen LogP contribution in [0, 0.1) is 5.41 Å². The highest BCUT2D eigenvalue weighted by Crippen LogP contribution is 2.39. The minimum Gasteiger partial charge on any atom is -0.453 e. The lowest BCUT2D eigenvalue weighted by atomic mass is 9.81. The summed E-state index contributed by atoms with van der Waals surface area (Å²) in [5, 5.41) is 2.69. The molecule has 1 amide bonds. The van der Waals surface area contributed by atoms with Crippen LogP contribution in [-0.4, -0.2) is 30.9 Å². The molecule has 2 atom stereocenters. The molecule has 0 bridgehead atoms. The van der Waals surface area contributed by atoms with Gasteiger partial charge in [-0.1, -0.05) is 13.3 Å². The number of alkyl halides is 1. The van der Waals surface area contributed by atoms with Crippen LogP contribution in [0.2, 0.25) is 0 Å². The Balaban J connectivity index is 2.71. The van der Waals surface area contributed by atoms with Crippen molar-refractivity contribution in [2.75, 3.05) is 13.0 Å². The van der Waals surface area contributed by atoms with E-state index in [9.17, 15) is 9.59 Å². The average molecular weight is 234 g/mol. The first-order chi connectivity index (χ1) is 7.04. The number of ketones is 1. The van der Waals surface area contributed by atoms with E-state index in [1.807, 2.05) is 6.92 Å². The number of hydrogen-bond donors (Lipinski definition) is 1. The quantitative estimate of drug-likeness (QED) is 0.755. The molecule has 1 aliphatic carbocycles. The maximum atomic E-state index is 11.7. The Morgan fingerprint density at radius 2 is 2.27 bits per heavy atom. The number of rotatable bonds is 3. The number of Topliss-reactive ketones (excluding diaryl/α,β-unsaturated/α-hetero) is 1. The standard InChI is InChI=1S/C10H16ClNO3/c1-10(8(13)6-11)5-3-4-7(10)12-9(14)15-2/h7H,3-6H2,1-2H3,(H,12,14). The van der Waals surface area contributed by atoms with E-state index >= 15 is 0 Å². The molecule has 1 aliphatic rings. The molecule has 5 heteroatoms. The van der Waals surface area contributed by atoms with Gasteiger partial charge in [-0.2, -0.15) is 0 Å². The lowest BCUT2D eigenvalue weighted by molar-refractivity contribution is -0.125. The van der Waals surface area contributed by atoms with E-state index in [4.69, 9.17) is 11.6 Å². The highest BCUT2D eigenvalue weighted by atomic mass is 35.5. The highest BCUT2D eigenvalue weighted by molar-refractivity contribution is 6.28. The molecule has 1 rings (SSSR count). The van der Waals surface area contributed by atoms with Crippen molar-refractivity contribution in [2.45, 2.75) is 32.2 Å². The Bertz CT molecular complexity index is 269. The van der Waals surface area contributed by atoms with Gasteiger partial charge in [-0.15, -0.1) is 11.6 Å². The summed E-state index contributed by atoms with van der Waals surface area (Å²) < 4.78 is 4.52. The fourth-order valence-corrected chi connectivity index (χ4v) is 2.39. The number of nitrogens with one attached hydrogen (secondary N) is 1. The van der Waals surface area contributed by atoms with E-state index < -0.39 is 11.5 Å². The Morgan fingerprint density at radius 3 is 2.80 bits per heavy atom. The lowest BCUT2D eigenvalue weighted by Crippen LogP contribution is -2.47. The number of ether oxygens (including phenoxy) is 1. The van der Waals surface area contributed by atoms with Crippen LogP contribution in [0.4, 0.5) is 4.79 Å². The van der Waals surface area contributed by atoms with Crippen LogP contribution in [0.25, 0.3) is 0 Å². The number of hydrogen-bond acceptors (Lipinski definition) is 3. The summed E-state index contributed by atoms with van der Waals surface area (Å²) in [5.41, 5.74) is -0.532. The van der Waals surface area contributed by atoms with Gasteiger partial charge in [-0.25, -0.2) is 4.79 Å². The predicted molar refractivity (Wildman–Crippen MR) is 57.0 cm³/mol. The Morgan fingerprint density at radius 1 is 1.60 bits per heavy atom. The Kier molecular flexibility index (Phi) is 3.97. The highest BCUT2D eigenvalue weighted by Gasteiger charge is 2.44. The third-order valence-electron chi connectivity index (χ3n) is 3.19. The van der Waals surface area contributed by atoms with Crippen molar-refractivity contribution in [1.29, 1.82) is 0 Å². The molecule has 1 saturated carbocycles. The molecule has 1 N–H and O–H groups in total. The number of carbonyl (C=O) groups is 2. The van der Waals surface area contributed by atoms with Gasteiger partial charge >= 0.3 is 6.09 Å². The number of carbonyl (C=O) groups excluding carboxylic acids is 2. The van der Waals surface area contributed by atoms with E-state index in [0.717, 1.165) is 19.3 Å². The van der Waals surface area contributed by atoms with Crippen LogP contribution in [0.15, 0.2) is 0 Å². The number of methoxy groups -OCH3 is 1. The first-order valence-corrected chi connectivity index (χ1v) is 5.52. The fourth-order valence-electron chi connectivity index (χ4n) is 2.09. The zero-order valence-electron chi connectivity index (χ0n) is 9.01. The molecule has 86 valence electrons. The summed E-state index contributed by atoms with van der Waals surface area (Å²) in [6, 6.07) is -0.156. The van der Waals surface area contributed by atoms with Gasteiger partial charge in [0.15, 0.2) is 5.78 Å². The van der Waals surface area contributed by atoms with Crippen LogP contribution < -0.4 is 5.32 Å². The molecule has 2 unspecified atom stereocenters. The van der Waals surface area contributed by atoms with Crippen LogP contribution >= 0.6 is 11.6 Å². The average Bonchev–Trinajstić information content (AvgIpc) is 2.60. The summed E-state index contributed by atoms with van der Waals surface area (Å²) >= 11 is 5.56. The maximum absolute atomic E-state index is 11.7. The van der Waals surface area contributed by atoms with Crippen LogP contribution in [0.5, 0.6) is 0 Å².